The van der Waals surface area contributed by atoms with Gasteiger partial charge in [-0.1, -0.05) is 0 Å². The lowest BCUT2D eigenvalue weighted by Crippen LogP contribution is -2.31. The Kier molecular flexibility index (Phi) is 7.07. The largest absolute Gasteiger partial charge is 0.387 e. The summed E-state index contributed by atoms with van der Waals surface area (Å²) in [5, 5.41) is 13.1. The summed E-state index contributed by atoms with van der Waals surface area (Å²) in [6.45, 7) is 2.95. The van der Waals surface area contributed by atoms with Gasteiger partial charge in [0.1, 0.15) is 12.2 Å². The third kappa shape index (κ3) is 5.78. The van der Waals surface area contributed by atoms with Crippen LogP contribution in [0.4, 0.5) is 10.2 Å². The van der Waals surface area contributed by atoms with Gasteiger partial charge >= 0.3 is 15.2 Å². The first-order valence-corrected chi connectivity index (χ1v) is 12.9. The number of hydrogen-bond acceptors (Lipinski definition) is 9. The second-order valence-electron chi connectivity index (χ2n) is 7.20. The van der Waals surface area contributed by atoms with Gasteiger partial charge in [0, 0.05) is 6.04 Å². The number of aliphatic hydroxyl groups excluding tert-OH is 1. The first-order valence-electron chi connectivity index (χ1n) is 8.92. The molecule has 17 heteroatoms. The number of ether oxygens (including phenoxy) is 1. The molecular formula is C14H21ClFN5O8P2. The van der Waals surface area contributed by atoms with E-state index in [1.54, 1.807) is 0 Å². The molecule has 13 nitrogen and oxygen atoms in total. The summed E-state index contributed by atoms with van der Waals surface area (Å²) in [4.78, 5) is 39.4. The molecule has 1 aliphatic heterocycles. The van der Waals surface area contributed by atoms with Gasteiger partial charge in [-0.15, -0.1) is 0 Å². The smallest absolute Gasteiger partial charge is 0.340 e. The predicted octanol–water partition coefficient (Wildman–Crippen LogP) is 1.23. The topological polar surface area (TPSA) is 189 Å². The fraction of sp³-hybridized carbons (Fsp3) is 0.643. The number of imidazole rings is 1. The third-order valence-corrected chi connectivity index (χ3v) is 7.82. The zero-order chi connectivity index (χ0) is 23.1. The first-order chi connectivity index (χ1) is 14.3. The van der Waals surface area contributed by atoms with Crippen LogP contribution in [0.5, 0.6) is 0 Å². The van der Waals surface area contributed by atoms with Crippen molar-refractivity contribution in [2.24, 2.45) is 0 Å². The van der Waals surface area contributed by atoms with Gasteiger partial charge in [-0.3, -0.25) is 13.7 Å². The molecule has 0 aliphatic carbocycles. The van der Waals surface area contributed by atoms with E-state index in [4.69, 9.17) is 26.1 Å². The van der Waals surface area contributed by atoms with Crippen molar-refractivity contribution in [2.75, 3.05) is 17.8 Å². The lowest BCUT2D eigenvalue weighted by Gasteiger charge is -2.18. The summed E-state index contributed by atoms with van der Waals surface area (Å²) in [6, 6.07) is -0.0124. The van der Waals surface area contributed by atoms with E-state index in [9.17, 15) is 23.5 Å². The van der Waals surface area contributed by atoms with E-state index >= 15 is 0 Å². The molecule has 0 amide bonds. The fourth-order valence-electron chi connectivity index (χ4n) is 2.98. The van der Waals surface area contributed by atoms with Crippen LogP contribution >= 0.6 is 26.8 Å². The summed E-state index contributed by atoms with van der Waals surface area (Å²) in [5.74, 6) is -1.10. The molecule has 0 radical (unpaired) electrons. The van der Waals surface area contributed by atoms with E-state index in [-0.39, 0.29) is 22.5 Å². The third-order valence-electron chi connectivity index (χ3n) is 4.19. The minimum Gasteiger partial charge on any atom is -0.387 e. The molecule has 0 aromatic carbocycles. The van der Waals surface area contributed by atoms with E-state index in [2.05, 4.69) is 24.8 Å². The molecule has 0 saturated carbocycles. The molecule has 174 valence electrons. The summed E-state index contributed by atoms with van der Waals surface area (Å²) in [6.07, 6.45) is -5.37. The number of anilines is 1. The van der Waals surface area contributed by atoms with Crippen LogP contribution in [0, 0.1) is 0 Å². The van der Waals surface area contributed by atoms with Gasteiger partial charge in [-0.25, -0.2) is 9.37 Å². The highest BCUT2D eigenvalue weighted by Crippen LogP contribution is 2.55. The second-order valence-corrected chi connectivity index (χ2v) is 11.5. The summed E-state index contributed by atoms with van der Waals surface area (Å²) in [5.41, 5.74) is 0.406. The maximum atomic E-state index is 14.8. The van der Waals surface area contributed by atoms with Crippen LogP contribution in [-0.2, 0) is 18.4 Å². The normalized spacial score (nSPS) is 26.5. The Balaban J connectivity index is 1.81. The molecule has 1 fully saturated rings. The Morgan fingerprint density at radius 1 is 1.35 bits per heavy atom. The van der Waals surface area contributed by atoms with Gasteiger partial charge in [0.2, 0.25) is 5.28 Å². The van der Waals surface area contributed by atoms with Crippen molar-refractivity contribution in [3.63, 3.8) is 0 Å². The molecule has 1 saturated heterocycles. The van der Waals surface area contributed by atoms with E-state index in [0.29, 0.717) is 5.82 Å². The van der Waals surface area contributed by atoms with Crippen LogP contribution in [0.3, 0.4) is 0 Å². The number of nitrogens with zero attached hydrogens (tertiary/aromatic N) is 4. The van der Waals surface area contributed by atoms with Crippen LogP contribution in [-0.4, -0.2) is 76.2 Å². The Morgan fingerprint density at radius 2 is 2.03 bits per heavy atom. The summed E-state index contributed by atoms with van der Waals surface area (Å²) in [7, 11) is -9.54. The Bertz CT molecular complexity index is 1050. The van der Waals surface area contributed by atoms with Gasteiger partial charge in [0.15, 0.2) is 35.3 Å². The maximum absolute atomic E-state index is 14.8. The zero-order valence-corrected chi connectivity index (χ0v) is 18.8. The zero-order valence-electron chi connectivity index (χ0n) is 16.2. The fourth-order valence-corrected chi connectivity index (χ4v) is 5.71. The number of alkyl halides is 1. The highest BCUT2D eigenvalue weighted by atomic mass is 35.5. The number of nitrogens with one attached hydrogen (secondary N) is 1. The molecule has 2 aromatic rings. The number of aliphatic hydroxyl groups is 1. The predicted molar refractivity (Wildman–Crippen MR) is 107 cm³/mol. The average Bonchev–Trinajstić information content (AvgIpc) is 3.13. The number of fused-ring (bicyclic) bond motifs is 1. The van der Waals surface area contributed by atoms with Gasteiger partial charge in [0.05, 0.1) is 12.9 Å². The number of hydrogen-bond donors (Lipinski definition) is 5. The number of rotatable bonds is 8. The van der Waals surface area contributed by atoms with Crippen molar-refractivity contribution in [1.82, 2.24) is 19.5 Å². The Morgan fingerprint density at radius 3 is 2.65 bits per heavy atom. The van der Waals surface area contributed by atoms with Crippen LogP contribution in [0.2, 0.25) is 5.28 Å². The van der Waals surface area contributed by atoms with Crippen LogP contribution < -0.4 is 5.32 Å². The molecule has 0 spiro atoms. The molecule has 5 atom stereocenters. The van der Waals surface area contributed by atoms with Gasteiger partial charge in [0.25, 0.3) is 0 Å². The van der Waals surface area contributed by atoms with Crippen molar-refractivity contribution in [2.45, 2.75) is 44.5 Å². The standard InChI is InChI=1S/C14H21ClFN5O8P2/c1-6(2)18-11-9-12(20-14(15)19-11)21(4-17-9)13-8(16)10(22)7(29-13)3-28-31(26,27)5-30(23,24)25/h4,6-8,10,13,22H,3,5H2,1-2H3,(H,26,27)(H,18,19,20)(H2,23,24,25)/t7-,8+,10-,13-/m1/s1. The first kappa shape index (κ1) is 24.4. The molecule has 3 rings (SSSR count). The quantitative estimate of drug-likeness (QED) is 0.256. The van der Waals surface area contributed by atoms with Crippen molar-refractivity contribution < 1.29 is 42.6 Å². The van der Waals surface area contributed by atoms with E-state index in [1.165, 1.54) is 10.9 Å². The lowest BCUT2D eigenvalue weighted by molar-refractivity contribution is -0.0425. The Hall–Kier alpha value is -1.21. The van der Waals surface area contributed by atoms with Crippen LogP contribution in [0.1, 0.15) is 20.1 Å². The minimum absolute atomic E-state index is 0.0124. The summed E-state index contributed by atoms with van der Waals surface area (Å²) < 4.78 is 48.8. The molecule has 0 bridgehead atoms. The monoisotopic (exact) mass is 503 g/mol. The minimum atomic E-state index is -4.84. The molecule has 1 unspecified atom stereocenters. The average molecular weight is 504 g/mol. The van der Waals surface area contributed by atoms with Crippen molar-refractivity contribution in [1.29, 1.82) is 0 Å². The van der Waals surface area contributed by atoms with Crippen molar-refractivity contribution in [3.05, 3.63) is 11.6 Å². The van der Waals surface area contributed by atoms with E-state index in [0.717, 1.165) is 0 Å². The van der Waals surface area contributed by atoms with Gasteiger partial charge in [-0.05, 0) is 25.4 Å². The van der Waals surface area contributed by atoms with E-state index in [1.807, 2.05) is 13.8 Å². The number of aromatic nitrogens is 4. The molecular weight excluding hydrogens is 483 g/mol. The highest BCUT2D eigenvalue weighted by Gasteiger charge is 2.47. The van der Waals surface area contributed by atoms with Gasteiger partial charge in [-0.2, -0.15) is 9.97 Å². The van der Waals surface area contributed by atoms with Crippen LogP contribution in [0.25, 0.3) is 11.2 Å². The van der Waals surface area contributed by atoms with Crippen molar-refractivity contribution in [3.8, 4) is 0 Å². The maximum Gasteiger partial charge on any atom is 0.340 e. The second kappa shape index (κ2) is 8.97. The highest BCUT2D eigenvalue weighted by molar-refractivity contribution is 7.70. The van der Waals surface area contributed by atoms with Crippen LogP contribution in [0.15, 0.2) is 6.33 Å². The Labute approximate surface area is 180 Å². The van der Waals surface area contributed by atoms with Crippen molar-refractivity contribution >= 4 is 43.8 Å². The van der Waals surface area contributed by atoms with Gasteiger partial charge < -0.3 is 34.4 Å². The molecule has 31 heavy (non-hydrogen) atoms. The lowest BCUT2D eigenvalue weighted by atomic mass is 10.1. The SMILES string of the molecule is CC(C)Nc1nc(Cl)nc2c1ncn2[C@@H]1O[C@H](COP(=O)(O)CP(=O)(O)O)[C@@H](O)[C@@H]1F. The summed E-state index contributed by atoms with van der Waals surface area (Å²) >= 11 is 5.96. The number of halogens is 2. The molecule has 3 heterocycles. The molecule has 1 aliphatic rings. The van der Waals surface area contributed by atoms with E-state index < -0.39 is 52.3 Å². The molecule has 5 N–H and O–H groups in total. The molecule has 2 aromatic heterocycles.